The predicted octanol–water partition coefficient (Wildman–Crippen LogP) is -1.94. The Bertz CT molecular complexity index is 127. The molecular weight excluding hydrogens is 209 g/mol. The Balaban J connectivity index is -0.000000150. The van der Waals surface area contributed by atoms with Crippen molar-refractivity contribution >= 4 is 7.82 Å². The fraction of sp³-hybridized carbons (Fsp3) is 1.00. The lowest BCUT2D eigenvalue weighted by Crippen LogP contribution is -2.17. The highest BCUT2D eigenvalue weighted by Crippen LogP contribution is 2.25. The summed E-state index contributed by atoms with van der Waals surface area (Å²) in [7, 11) is -4.64. The molecule has 0 spiro atoms. The molecule has 0 aliphatic heterocycles. The van der Waals surface area contributed by atoms with E-state index in [-0.39, 0.29) is 19.4 Å². The summed E-state index contributed by atoms with van der Waals surface area (Å²) >= 11 is 0. The van der Waals surface area contributed by atoms with Gasteiger partial charge in [0.1, 0.15) is 12.7 Å². The Hall–Kier alpha value is -0.0900. The summed E-state index contributed by atoms with van der Waals surface area (Å²) in [5.74, 6) is 0. The Labute approximate surface area is 74.0 Å². The van der Waals surface area contributed by atoms with Gasteiger partial charge >= 0.3 is 7.82 Å². The van der Waals surface area contributed by atoms with Gasteiger partial charge in [0, 0.05) is 0 Å². The Morgan fingerprint density at radius 2 is 1.62 bits per heavy atom. The van der Waals surface area contributed by atoms with Gasteiger partial charge in [-0.25, -0.2) is 9.45 Å². The smallest absolute Gasteiger partial charge is 0.394 e. The highest BCUT2D eigenvalue weighted by Gasteiger charge is 2.00. The van der Waals surface area contributed by atoms with Gasteiger partial charge in [-0.1, -0.05) is 0 Å². The largest absolute Gasteiger partial charge is 0.466 e. The van der Waals surface area contributed by atoms with E-state index in [1.807, 2.05) is 0 Å². The molecular formula is C3H14NO8P. The monoisotopic (exact) mass is 223 g/mol. The van der Waals surface area contributed by atoms with Crippen molar-refractivity contribution in [1.29, 1.82) is 0 Å². The molecule has 1 unspecified atom stereocenters. The average molecular weight is 223 g/mol. The second-order valence-electron chi connectivity index (χ2n) is 1.65. The molecule has 0 aromatic rings. The number of aliphatic hydroxyl groups is 2. The molecule has 0 aliphatic rings. The van der Waals surface area contributed by atoms with E-state index >= 15 is 0 Å². The molecule has 0 radical (unpaired) electrons. The van der Waals surface area contributed by atoms with Crippen molar-refractivity contribution in [2.24, 2.45) is 0 Å². The van der Waals surface area contributed by atoms with Crippen LogP contribution in [0.25, 0.3) is 0 Å². The number of phosphoric acid groups is 1. The predicted molar refractivity (Wildman–Crippen MR) is 41.0 cm³/mol. The third-order valence-corrected chi connectivity index (χ3v) is 0.478. The summed E-state index contributed by atoms with van der Waals surface area (Å²) in [5.41, 5.74) is 0. The van der Waals surface area contributed by atoms with Crippen molar-refractivity contribution in [3.63, 3.8) is 0 Å². The van der Waals surface area contributed by atoms with Crippen LogP contribution in [-0.2, 0) is 9.45 Å². The second kappa shape index (κ2) is 9.99. The van der Waals surface area contributed by atoms with Crippen molar-refractivity contribution in [3.8, 4) is 0 Å². The number of hydrogen-bond donors (Lipinski definition) is 7. The van der Waals surface area contributed by atoms with Gasteiger partial charge in [0.25, 0.3) is 0 Å². The zero-order chi connectivity index (χ0) is 10.2. The topological polar surface area (TPSA) is 183 Å². The van der Waals surface area contributed by atoms with Crippen LogP contribution in [0.4, 0.5) is 0 Å². The van der Waals surface area contributed by atoms with Gasteiger partial charge in [-0.05, 0) is 0 Å². The zero-order valence-electron chi connectivity index (χ0n) is 6.65. The standard InChI is InChI=1S/C3H8O4.H3N.H3O4P/c4-1-3(5)2-7-6;;1-5(2,3)4/h3-6H,1-2H2;1H3;(H3,1,2,3,4). The quantitative estimate of drug-likeness (QED) is 0.162. The SMILES string of the molecule is N.O=P(O)(O)O.OCC(O)COO. The third kappa shape index (κ3) is 48.5. The van der Waals surface area contributed by atoms with Crippen LogP contribution in [0.2, 0.25) is 0 Å². The van der Waals surface area contributed by atoms with Gasteiger partial charge in [0.2, 0.25) is 0 Å². The van der Waals surface area contributed by atoms with Gasteiger partial charge in [0.05, 0.1) is 6.61 Å². The minimum Gasteiger partial charge on any atom is -0.394 e. The Morgan fingerprint density at radius 1 is 1.31 bits per heavy atom. The normalized spacial score (nSPS) is 12.2. The molecule has 0 fully saturated rings. The summed E-state index contributed by atoms with van der Waals surface area (Å²) < 4.78 is 8.88. The van der Waals surface area contributed by atoms with E-state index < -0.39 is 13.9 Å². The third-order valence-electron chi connectivity index (χ3n) is 0.478. The molecule has 0 heterocycles. The molecule has 10 heteroatoms. The number of hydrogen-bond acceptors (Lipinski definition) is 6. The van der Waals surface area contributed by atoms with Gasteiger partial charge in [-0.15, -0.1) is 0 Å². The first-order valence-corrected chi connectivity index (χ1v) is 4.21. The highest BCUT2D eigenvalue weighted by molar-refractivity contribution is 7.45. The van der Waals surface area contributed by atoms with E-state index in [0.717, 1.165) is 0 Å². The van der Waals surface area contributed by atoms with Gasteiger partial charge in [-0.3, -0.25) is 5.26 Å². The Kier molecular flexibility index (Phi) is 14.3. The molecule has 0 saturated heterocycles. The molecule has 1 atom stereocenters. The van der Waals surface area contributed by atoms with Crippen LogP contribution in [0.1, 0.15) is 0 Å². The molecule has 9 N–H and O–H groups in total. The van der Waals surface area contributed by atoms with Gasteiger partial charge in [0.15, 0.2) is 0 Å². The highest BCUT2D eigenvalue weighted by atomic mass is 31.2. The van der Waals surface area contributed by atoms with Crippen LogP contribution in [-0.4, -0.2) is 49.5 Å². The van der Waals surface area contributed by atoms with Crippen LogP contribution < -0.4 is 6.15 Å². The number of rotatable bonds is 3. The molecule has 0 aromatic carbocycles. The maximum absolute atomic E-state index is 8.88. The molecule has 84 valence electrons. The fourth-order valence-electron chi connectivity index (χ4n) is 0.139. The molecule has 0 bridgehead atoms. The molecule has 9 nitrogen and oxygen atoms in total. The average Bonchev–Trinajstić information content (AvgIpc) is 1.85. The van der Waals surface area contributed by atoms with E-state index in [4.69, 9.17) is 34.7 Å². The van der Waals surface area contributed by atoms with Crippen LogP contribution in [0.5, 0.6) is 0 Å². The van der Waals surface area contributed by atoms with E-state index in [2.05, 4.69) is 4.89 Å². The van der Waals surface area contributed by atoms with E-state index in [0.29, 0.717) is 0 Å². The van der Waals surface area contributed by atoms with E-state index in [1.54, 1.807) is 0 Å². The van der Waals surface area contributed by atoms with Crippen LogP contribution >= 0.6 is 7.82 Å². The van der Waals surface area contributed by atoms with Crippen molar-refractivity contribution < 1.29 is 39.6 Å². The lowest BCUT2D eigenvalue weighted by atomic mass is 10.4. The maximum Gasteiger partial charge on any atom is 0.466 e. The first-order chi connectivity index (χ1) is 5.31. The van der Waals surface area contributed by atoms with Crippen molar-refractivity contribution in [2.75, 3.05) is 13.2 Å². The van der Waals surface area contributed by atoms with Crippen LogP contribution in [0.15, 0.2) is 0 Å². The summed E-state index contributed by atoms with van der Waals surface area (Å²) in [6.45, 7) is -0.628. The summed E-state index contributed by atoms with van der Waals surface area (Å²) in [6.07, 6.45) is -0.968. The van der Waals surface area contributed by atoms with Crippen LogP contribution in [0.3, 0.4) is 0 Å². The van der Waals surface area contributed by atoms with Crippen molar-refractivity contribution in [2.45, 2.75) is 6.10 Å². The molecule has 0 saturated carbocycles. The lowest BCUT2D eigenvalue weighted by Gasteiger charge is -2.00. The van der Waals surface area contributed by atoms with Gasteiger partial charge in [-0.2, -0.15) is 0 Å². The molecule has 0 aliphatic carbocycles. The Morgan fingerprint density at radius 3 is 1.69 bits per heavy atom. The summed E-state index contributed by atoms with van der Waals surface area (Å²) in [5, 5.41) is 23.9. The molecule has 0 amide bonds. The van der Waals surface area contributed by atoms with Crippen molar-refractivity contribution in [1.82, 2.24) is 6.15 Å². The summed E-state index contributed by atoms with van der Waals surface area (Å²) in [6, 6.07) is 0. The zero-order valence-corrected chi connectivity index (χ0v) is 7.54. The minimum absolute atomic E-state index is 0. The second-order valence-corrected chi connectivity index (χ2v) is 2.67. The van der Waals surface area contributed by atoms with Crippen molar-refractivity contribution in [3.05, 3.63) is 0 Å². The lowest BCUT2D eigenvalue weighted by molar-refractivity contribution is -0.258. The maximum atomic E-state index is 8.88. The van der Waals surface area contributed by atoms with E-state index in [1.165, 1.54) is 0 Å². The first kappa shape index (κ1) is 18.6. The fourth-order valence-corrected chi connectivity index (χ4v) is 0.139. The molecule has 0 aromatic heterocycles. The number of aliphatic hydroxyl groups excluding tert-OH is 2. The molecule has 13 heavy (non-hydrogen) atoms. The van der Waals surface area contributed by atoms with E-state index in [9.17, 15) is 0 Å². The molecule has 0 rings (SSSR count). The van der Waals surface area contributed by atoms with Crippen LogP contribution in [0, 0.1) is 0 Å². The summed E-state index contributed by atoms with van der Waals surface area (Å²) in [4.78, 5) is 25.0. The first-order valence-electron chi connectivity index (χ1n) is 2.64. The van der Waals surface area contributed by atoms with Gasteiger partial charge < -0.3 is 31.0 Å². The minimum atomic E-state index is -4.64.